The normalized spacial score (nSPS) is 16.1. The van der Waals surface area contributed by atoms with E-state index >= 15 is 0 Å². The van der Waals surface area contributed by atoms with Crippen LogP contribution < -0.4 is 10.6 Å². The minimum absolute atomic E-state index is 0. The lowest BCUT2D eigenvalue weighted by Gasteiger charge is -2.29. The maximum absolute atomic E-state index is 12.8. The number of non-ortho nitro benzene ring substituents is 2. The second-order valence-corrected chi connectivity index (χ2v) is 12.6. The Hall–Kier alpha value is -6.99. The third kappa shape index (κ3) is 10.6. The first-order valence-corrected chi connectivity index (χ1v) is 16.7. The SMILES string of the molecule is COC(=O)C1=C(C#N)NC(C)=C(C(=O)OC(C)C)C1c1cccc([N+](=O)[O-])c1.COC(=O)C1=C(C#N)NC(C)=C(C(=O)OC(C)C)C1c1cccc([N+](=O)[O-])c1.S. The number of hydrogen-bond acceptors (Lipinski definition) is 16. The van der Waals surface area contributed by atoms with Crippen molar-refractivity contribution in [3.05, 3.63) is 125 Å². The van der Waals surface area contributed by atoms with Crippen LogP contribution in [0.15, 0.2) is 93.6 Å². The van der Waals surface area contributed by atoms with E-state index in [0.29, 0.717) is 22.5 Å². The summed E-state index contributed by atoms with van der Waals surface area (Å²) in [5, 5.41) is 46.8. The molecule has 2 aromatic carbocycles. The summed E-state index contributed by atoms with van der Waals surface area (Å²) in [6.07, 6.45) is -0.858. The summed E-state index contributed by atoms with van der Waals surface area (Å²) in [5.74, 6) is -5.18. The van der Waals surface area contributed by atoms with Gasteiger partial charge in [-0.15, -0.1) is 0 Å². The van der Waals surface area contributed by atoms with E-state index in [9.17, 15) is 49.9 Å². The van der Waals surface area contributed by atoms with Gasteiger partial charge in [-0.1, -0.05) is 24.3 Å². The van der Waals surface area contributed by atoms with Crippen molar-refractivity contribution in [1.82, 2.24) is 10.6 Å². The van der Waals surface area contributed by atoms with E-state index in [1.165, 1.54) is 48.5 Å². The van der Waals surface area contributed by atoms with Crippen LogP contribution in [0.3, 0.4) is 0 Å². The Morgan fingerprint density at radius 3 is 1.25 bits per heavy atom. The van der Waals surface area contributed by atoms with E-state index in [1.54, 1.807) is 41.5 Å². The molecule has 2 aromatic rings. The highest BCUT2D eigenvalue weighted by Gasteiger charge is 2.41. The predicted octanol–water partition coefficient (Wildman–Crippen LogP) is 5.03. The van der Waals surface area contributed by atoms with Gasteiger partial charge >= 0.3 is 23.9 Å². The molecule has 19 heteroatoms. The summed E-state index contributed by atoms with van der Waals surface area (Å²) in [7, 11) is 2.29. The molecule has 2 unspecified atom stereocenters. The quantitative estimate of drug-likeness (QED) is 0.138. The zero-order valence-electron chi connectivity index (χ0n) is 32.1. The molecule has 0 aliphatic carbocycles. The number of nitro groups is 2. The summed E-state index contributed by atoms with van der Waals surface area (Å²) in [5.41, 5.74) is 0.501. The number of carbonyl (C=O) groups is 4. The number of methoxy groups -OCH3 is 2. The van der Waals surface area contributed by atoms with Gasteiger partial charge in [0, 0.05) is 35.7 Å². The molecule has 0 spiro atoms. The Bertz CT molecular complexity index is 2040. The van der Waals surface area contributed by atoms with Gasteiger partial charge in [0.15, 0.2) is 0 Å². The van der Waals surface area contributed by atoms with Gasteiger partial charge in [0.05, 0.1) is 70.4 Å². The van der Waals surface area contributed by atoms with Gasteiger partial charge < -0.3 is 29.6 Å². The second-order valence-electron chi connectivity index (χ2n) is 12.6. The summed E-state index contributed by atoms with van der Waals surface area (Å²) >= 11 is 0. The minimum Gasteiger partial charge on any atom is -0.466 e. The van der Waals surface area contributed by atoms with Crippen LogP contribution in [0.1, 0.15) is 64.5 Å². The van der Waals surface area contributed by atoms with Crippen LogP contribution in [0, 0.1) is 42.9 Å². The van der Waals surface area contributed by atoms with Crippen LogP contribution >= 0.6 is 13.5 Å². The summed E-state index contributed by atoms with van der Waals surface area (Å²) in [6, 6.07) is 14.8. The van der Waals surface area contributed by atoms with Gasteiger partial charge in [0.1, 0.15) is 23.5 Å². The van der Waals surface area contributed by atoms with E-state index in [4.69, 9.17) is 18.9 Å². The van der Waals surface area contributed by atoms with E-state index in [-0.39, 0.29) is 58.6 Å². The average molecular weight is 805 g/mol. The molecule has 57 heavy (non-hydrogen) atoms. The number of hydrogen-bond donors (Lipinski definition) is 2. The van der Waals surface area contributed by atoms with E-state index in [2.05, 4.69) is 10.6 Å². The van der Waals surface area contributed by atoms with Crippen molar-refractivity contribution in [3.63, 3.8) is 0 Å². The zero-order chi connectivity index (χ0) is 42.0. The van der Waals surface area contributed by atoms with Gasteiger partial charge in [-0.3, -0.25) is 20.2 Å². The molecule has 4 rings (SSSR count). The number of carbonyl (C=O) groups excluding carboxylic acids is 4. The van der Waals surface area contributed by atoms with Gasteiger partial charge in [-0.2, -0.15) is 24.0 Å². The lowest BCUT2D eigenvalue weighted by atomic mass is 9.80. The largest absolute Gasteiger partial charge is 0.466 e. The number of ether oxygens (including phenoxy) is 4. The lowest BCUT2D eigenvalue weighted by Crippen LogP contribution is -2.33. The molecule has 2 aliphatic rings. The smallest absolute Gasteiger partial charge is 0.337 e. The minimum atomic E-state index is -1.06. The number of esters is 4. The number of nitriles is 2. The fourth-order valence-electron chi connectivity index (χ4n) is 5.89. The Balaban J connectivity index is 0.000000387. The fourth-order valence-corrected chi connectivity index (χ4v) is 5.89. The molecule has 18 nitrogen and oxygen atoms in total. The molecule has 2 aliphatic heterocycles. The van der Waals surface area contributed by atoms with Crippen molar-refractivity contribution in [2.45, 2.75) is 65.6 Å². The molecule has 0 bridgehead atoms. The van der Waals surface area contributed by atoms with Gasteiger partial charge in [-0.05, 0) is 52.7 Å². The van der Waals surface area contributed by atoms with Gasteiger partial charge in [0.25, 0.3) is 11.4 Å². The lowest BCUT2D eigenvalue weighted by molar-refractivity contribution is -0.385. The van der Waals surface area contributed by atoms with Crippen molar-refractivity contribution in [2.24, 2.45) is 0 Å². The molecule has 0 saturated carbocycles. The maximum atomic E-state index is 12.8. The highest BCUT2D eigenvalue weighted by molar-refractivity contribution is 7.59. The number of nitrogens with zero attached hydrogens (tertiary/aromatic N) is 4. The van der Waals surface area contributed by atoms with Crippen molar-refractivity contribution < 1.29 is 48.0 Å². The molecule has 2 heterocycles. The standard InChI is InChI=1S/2C19H19N3O6.H2S/c2*1-10(2)28-19(24)15-11(3)21-14(9-20)17(18(23)27-4)16(15)12-6-5-7-13(8-12)22(25)26;/h2*5-8,10,16,21H,1-4H3;1H2. The number of allylic oxidation sites excluding steroid dienone is 4. The van der Waals surface area contributed by atoms with Crippen LogP contribution in [0.25, 0.3) is 0 Å². The molecule has 300 valence electrons. The van der Waals surface area contributed by atoms with Gasteiger partial charge in [0.2, 0.25) is 0 Å². The number of nitrogens with one attached hydrogen (secondary N) is 2. The summed E-state index contributed by atoms with van der Waals surface area (Å²) < 4.78 is 20.2. The fraction of sp³-hybridized carbons (Fsp3) is 0.316. The first-order chi connectivity index (χ1) is 26.4. The van der Waals surface area contributed by atoms with Crippen molar-refractivity contribution in [3.8, 4) is 12.1 Å². The molecule has 2 N–H and O–H groups in total. The molecule has 0 amide bonds. The van der Waals surface area contributed by atoms with Crippen LogP contribution in [0.2, 0.25) is 0 Å². The molecule has 0 aromatic heterocycles. The Morgan fingerprint density at radius 1 is 0.649 bits per heavy atom. The molecule has 2 atom stereocenters. The van der Waals surface area contributed by atoms with Crippen LogP contribution in [0.5, 0.6) is 0 Å². The highest BCUT2D eigenvalue weighted by atomic mass is 32.1. The number of benzene rings is 2. The second kappa shape index (κ2) is 20.1. The van der Waals surface area contributed by atoms with E-state index in [1.807, 2.05) is 12.1 Å². The highest BCUT2D eigenvalue weighted by Crippen LogP contribution is 2.41. The Labute approximate surface area is 334 Å². The van der Waals surface area contributed by atoms with Crippen LogP contribution in [0.4, 0.5) is 11.4 Å². The molecule has 0 fully saturated rings. The average Bonchev–Trinajstić information content (AvgIpc) is 3.15. The monoisotopic (exact) mass is 804 g/mol. The topological polar surface area (TPSA) is 263 Å². The maximum Gasteiger partial charge on any atom is 0.337 e. The summed E-state index contributed by atoms with van der Waals surface area (Å²) in [4.78, 5) is 71.6. The van der Waals surface area contributed by atoms with Crippen molar-refractivity contribution >= 4 is 48.7 Å². The molecule has 0 saturated heterocycles. The van der Waals surface area contributed by atoms with Gasteiger partial charge in [-0.25, -0.2) is 19.2 Å². The van der Waals surface area contributed by atoms with E-state index < -0.39 is 57.8 Å². The Morgan fingerprint density at radius 2 is 0.982 bits per heavy atom. The van der Waals surface area contributed by atoms with E-state index in [0.717, 1.165) is 14.2 Å². The van der Waals surface area contributed by atoms with Crippen LogP contribution in [-0.4, -0.2) is 60.2 Å². The molecular formula is C38H40N6O12S. The molecule has 0 radical (unpaired) electrons. The zero-order valence-corrected chi connectivity index (χ0v) is 33.1. The van der Waals surface area contributed by atoms with Crippen LogP contribution in [-0.2, 0) is 38.1 Å². The number of dihydropyridines is 2. The first kappa shape index (κ1) is 46.2. The third-order valence-corrected chi connectivity index (χ3v) is 8.11. The summed E-state index contributed by atoms with van der Waals surface area (Å²) in [6.45, 7) is 9.81. The number of rotatable bonds is 10. The van der Waals surface area contributed by atoms with Crippen molar-refractivity contribution in [1.29, 1.82) is 10.5 Å². The Kier molecular flexibility index (Phi) is 16.3. The van der Waals surface area contributed by atoms with Crippen molar-refractivity contribution in [2.75, 3.05) is 14.2 Å². The third-order valence-electron chi connectivity index (χ3n) is 8.11. The molecular weight excluding hydrogens is 765 g/mol. The number of nitro benzene ring substituents is 2. The predicted molar refractivity (Wildman–Crippen MR) is 205 cm³/mol. The first-order valence-electron chi connectivity index (χ1n) is 16.7.